The van der Waals surface area contributed by atoms with Gasteiger partial charge in [0.05, 0.1) is 6.61 Å². The van der Waals surface area contributed by atoms with Crippen molar-refractivity contribution < 1.29 is 5.11 Å². The summed E-state index contributed by atoms with van der Waals surface area (Å²) in [7, 11) is 0. The third-order valence-electron chi connectivity index (χ3n) is 3.43. The van der Waals surface area contributed by atoms with E-state index in [1.807, 2.05) is 6.20 Å². The number of anilines is 1. The van der Waals surface area contributed by atoms with E-state index in [0.29, 0.717) is 6.54 Å². The minimum absolute atomic E-state index is 0.239. The van der Waals surface area contributed by atoms with Gasteiger partial charge in [-0.15, -0.1) is 0 Å². The summed E-state index contributed by atoms with van der Waals surface area (Å²) in [5.74, 6) is 1.07. The molecule has 0 atom stereocenters. The predicted molar refractivity (Wildman–Crippen MR) is 72.6 cm³/mol. The molecule has 1 aliphatic heterocycles. The van der Waals surface area contributed by atoms with E-state index < -0.39 is 0 Å². The number of nitrogens with zero attached hydrogens (tertiary/aromatic N) is 3. The fourth-order valence-corrected chi connectivity index (χ4v) is 2.39. The Morgan fingerprint density at radius 1 is 1.33 bits per heavy atom. The third kappa shape index (κ3) is 2.98. The van der Waals surface area contributed by atoms with Gasteiger partial charge >= 0.3 is 0 Å². The summed E-state index contributed by atoms with van der Waals surface area (Å²) in [5.41, 5.74) is 7.88. The number of β-amino-alcohol motifs (C(OH)–C–C–N with tert-alkyl or cyclic N) is 1. The van der Waals surface area contributed by atoms with Gasteiger partial charge < -0.3 is 15.7 Å². The molecule has 5 heteroatoms. The van der Waals surface area contributed by atoms with Gasteiger partial charge in [-0.1, -0.05) is 0 Å². The van der Waals surface area contributed by atoms with Crippen LogP contribution in [0.5, 0.6) is 0 Å². The van der Waals surface area contributed by atoms with Gasteiger partial charge in [0, 0.05) is 45.5 Å². The van der Waals surface area contributed by atoms with Gasteiger partial charge in [0.1, 0.15) is 5.82 Å². The highest BCUT2D eigenvalue weighted by molar-refractivity contribution is 5.47. The number of pyridine rings is 1. The first-order chi connectivity index (χ1) is 8.74. The Hall–Kier alpha value is -1.17. The van der Waals surface area contributed by atoms with Crippen LogP contribution in [0.1, 0.15) is 11.1 Å². The molecule has 3 N–H and O–H groups in total. The molecule has 1 aromatic heterocycles. The molecular weight excluding hydrogens is 228 g/mol. The van der Waals surface area contributed by atoms with Crippen molar-refractivity contribution in [2.45, 2.75) is 13.5 Å². The van der Waals surface area contributed by atoms with Crippen molar-refractivity contribution in [2.24, 2.45) is 5.73 Å². The van der Waals surface area contributed by atoms with E-state index in [0.717, 1.165) is 44.1 Å². The molecular formula is C13H22N4O. The quantitative estimate of drug-likeness (QED) is 0.785. The first-order valence-electron chi connectivity index (χ1n) is 6.48. The molecule has 0 radical (unpaired) electrons. The van der Waals surface area contributed by atoms with E-state index in [9.17, 15) is 0 Å². The second kappa shape index (κ2) is 6.13. The van der Waals surface area contributed by atoms with E-state index in [2.05, 4.69) is 27.8 Å². The average Bonchev–Trinajstić information content (AvgIpc) is 2.40. The molecule has 1 fully saturated rings. The van der Waals surface area contributed by atoms with Crippen molar-refractivity contribution in [1.82, 2.24) is 9.88 Å². The van der Waals surface area contributed by atoms with Crippen molar-refractivity contribution in [1.29, 1.82) is 0 Å². The Kier molecular flexibility index (Phi) is 4.52. The zero-order chi connectivity index (χ0) is 13.0. The smallest absolute Gasteiger partial charge is 0.131 e. The van der Waals surface area contributed by atoms with Crippen LogP contribution in [0.4, 0.5) is 5.82 Å². The lowest BCUT2D eigenvalue weighted by Crippen LogP contribution is -2.47. The van der Waals surface area contributed by atoms with Crippen molar-refractivity contribution >= 4 is 5.82 Å². The predicted octanol–water partition coefficient (Wildman–Crippen LogP) is -0.0370. The number of nitrogens with two attached hydrogens (primary N) is 1. The van der Waals surface area contributed by atoms with Crippen molar-refractivity contribution in [2.75, 3.05) is 44.2 Å². The molecule has 2 heterocycles. The van der Waals surface area contributed by atoms with E-state index in [4.69, 9.17) is 10.8 Å². The van der Waals surface area contributed by atoms with Gasteiger partial charge in [0.2, 0.25) is 0 Å². The van der Waals surface area contributed by atoms with Crippen LogP contribution in [0.3, 0.4) is 0 Å². The van der Waals surface area contributed by atoms with Crippen LogP contribution in [0.15, 0.2) is 12.3 Å². The van der Waals surface area contributed by atoms with Crippen LogP contribution < -0.4 is 10.6 Å². The summed E-state index contributed by atoms with van der Waals surface area (Å²) in [6.45, 7) is 7.54. The lowest BCUT2D eigenvalue weighted by molar-refractivity contribution is 0.188. The zero-order valence-corrected chi connectivity index (χ0v) is 11.0. The SMILES string of the molecule is Cc1cc(CN)cnc1N1CCN(CCO)CC1. The summed E-state index contributed by atoms with van der Waals surface area (Å²) in [5, 5.41) is 8.92. The summed E-state index contributed by atoms with van der Waals surface area (Å²) in [4.78, 5) is 9.11. The number of piperazine rings is 1. The molecule has 1 saturated heterocycles. The topological polar surface area (TPSA) is 65.6 Å². The van der Waals surface area contributed by atoms with Gasteiger partial charge in [-0.25, -0.2) is 4.98 Å². The summed E-state index contributed by atoms with van der Waals surface area (Å²) in [6, 6.07) is 2.11. The Morgan fingerprint density at radius 2 is 2.06 bits per heavy atom. The first kappa shape index (κ1) is 13.3. The molecule has 1 aromatic rings. The molecule has 0 spiro atoms. The minimum atomic E-state index is 0.239. The third-order valence-corrected chi connectivity index (χ3v) is 3.43. The minimum Gasteiger partial charge on any atom is -0.395 e. The molecule has 100 valence electrons. The van der Waals surface area contributed by atoms with Gasteiger partial charge in [-0.05, 0) is 24.1 Å². The molecule has 5 nitrogen and oxygen atoms in total. The van der Waals surface area contributed by atoms with Gasteiger partial charge in [0.25, 0.3) is 0 Å². The lowest BCUT2D eigenvalue weighted by atomic mass is 10.2. The first-order valence-corrected chi connectivity index (χ1v) is 6.48. The fourth-order valence-electron chi connectivity index (χ4n) is 2.39. The average molecular weight is 250 g/mol. The summed E-state index contributed by atoms with van der Waals surface area (Å²) in [6.07, 6.45) is 1.86. The molecule has 0 unspecified atom stereocenters. The molecule has 0 aromatic carbocycles. The standard InChI is InChI=1S/C13H22N4O/c1-11-8-12(9-14)10-15-13(11)17-4-2-16(3-5-17)6-7-18/h8,10,18H,2-7,9,14H2,1H3. The van der Waals surface area contributed by atoms with Crippen LogP contribution in [-0.2, 0) is 6.54 Å². The van der Waals surface area contributed by atoms with Crippen molar-refractivity contribution in [3.05, 3.63) is 23.4 Å². The van der Waals surface area contributed by atoms with Crippen molar-refractivity contribution in [3.63, 3.8) is 0 Å². The second-order valence-corrected chi connectivity index (χ2v) is 4.74. The number of aliphatic hydroxyl groups excluding tert-OH is 1. The highest BCUT2D eigenvalue weighted by Crippen LogP contribution is 2.19. The molecule has 2 rings (SSSR count). The van der Waals surface area contributed by atoms with Crippen LogP contribution >= 0.6 is 0 Å². The van der Waals surface area contributed by atoms with E-state index in [1.165, 1.54) is 5.56 Å². The maximum absolute atomic E-state index is 8.92. The fraction of sp³-hybridized carbons (Fsp3) is 0.615. The van der Waals surface area contributed by atoms with Gasteiger partial charge in [-0.3, -0.25) is 4.90 Å². The number of aliphatic hydroxyl groups is 1. The number of aryl methyl sites for hydroxylation is 1. The molecule has 0 saturated carbocycles. The number of aromatic nitrogens is 1. The van der Waals surface area contributed by atoms with E-state index in [1.54, 1.807) is 0 Å². The summed E-state index contributed by atoms with van der Waals surface area (Å²) >= 11 is 0. The molecule has 0 amide bonds. The van der Waals surface area contributed by atoms with Gasteiger partial charge in [-0.2, -0.15) is 0 Å². The Labute approximate surface area is 108 Å². The number of rotatable bonds is 4. The van der Waals surface area contributed by atoms with Crippen LogP contribution in [0, 0.1) is 6.92 Å². The largest absolute Gasteiger partial charge is 0.395 e. The normalized spacial score (nSPS) is 17.2. The Morgan fingerprint density at radius 3 is 2.61 bits per heavy atom. The van der Waals surface area contributed by atoms with E-state index in [-0.39, 0.29) is 6.61 Å². The monoisotopic (exact) mass is 250 g/mol. The maximum Gasteiger partial charge on any atom is 0.131 e. The maximum atomic E-state index is 8.92. The van der Waals surface area contributed by atoms with Crippen LogP contribution in [0.25, 0.3) is 0 Å². The van der Waals surface area contributed by atoms with Crippen LogP contribution in [-0.4, -0.2) is 54.3 Å². The van der Waals surface area contributed by atoms with E-state index >= 15 is 0 Å². The molecule has 0 aliphatic carbocycles. The Balaban J connectivity index is 2.01. The van der Waals surface area contributed by atoms with Crippen LogP contribution in [0.2, 0.25) is 0 Å². The highest BCUT2D eigenvalue weighted by Gasteiger charge is 2.18. The molecule has 18 heavy (non-hydrogen) atoms. The summed E-state index contributed by atoms with van der Waals surface area (Å²) < 4.78 is 0. The Bertz CT molecular complexity index is 389. The second-order valence-electron chi connectivity index (χ2n) is 4.74. The lowest BCUT2D eigenvalue weighted by Gasteiger charge is -2.35. The number of hydrogen-bond donors (Lipinski definition) is 2. The van der Waals surface area contributed by atoms with Crippen molar-refractivity contribution in [3.8, 4) is 0 Å². The molecule has 0 bridgehead atoms. The molecule has 1 aliphatic rings. The zero-order valence-electron chi connectivity index (χ0n) is 11.0. The van der Waals surface area contributed by atoms with Gasteiger partial charge in [0.15, 0.2) is 0 Å². The highest BCUT2D eigenvalue weighted by atomic mass is 16.3. The number of hydrogen-bond acceptors (Lipinski definition) is 5.